The third-order valence-corrected chi connectivity index (χ3v) is 4.91. The van der Waals surface area contributed by atoms with E-state index in [9.17, 15) is 18.0 Å². The molecule has 1 aliphatic rings. The summed E-state index contributed by atoms with van der Waals surface area (Å²) < 4.78 is 38.2. The number of amides is 1. The Morgan fingerprint density at radius 1 is 1.29 bits per heavy atom. The fourth-order valence-corrected chi connectivity index (χ4v) is 3.63. The number of thioether (sulfide) groups is 1. The molecule has 0 aliphatic carbocycles. The lowest BCUT2D eigenvalue weighted by molar-refractivity contribution is -0.141. The SMILES string of the molecule is Cc1nc(C(F)(F)F)ccc1C(=O)N1CCSc2ccc(Cl)cc21. The Balaban J connectivity index is 1.98. The highest BCUT2D eigenvalue weighted by Gasteiger charge is 2.33. The first-order valence-electron chi connectivity index (χ1n) is 7.06. The Morgan fingerprint density at radius 2 is 2.04 bits per heavy atom. The second-order valence-corrected chi connectivity index (χ2v) is 6.82. The van der Waals surface area contributed by atoms with Gasteiger partial charge in [-0.1, -0.05) is 11.6 Å². The van der Waals surface area contributed by atoms with Gasteiger partial charge < -0.3 is 4.90 Å². The molecule has 8 heteroatoms. The maximum Gasteiger partial charge on any atom is 0.433 e. The number of aromatic nitrogens is 1. The van der Waals surface area contributed by atoms with Crippen LogP contribution in [-0.4, -0.2) is 23.2 Å². The molecule has 0 radical (unpaired) electrons. The number of carbonyl (C=O) groups excluding carboxylic acids is 1. The van der Waals surface area contributed by atoms with Gasteiger partial charge in [0.05, 0.1) is 16.9 Å². The summed E-state index contributed by atoms with van der Waals surface area (Å²) in [6.07, 6.45) is -4.53. The van der Waals surface area contributed by atoms with Gasteiger partial charge in [0.15, 0.2) is 0 Å². The zero-order valence-electron chi connectivity index (χ0n) is 12.5. The Hall–Kier alpha value is -1.73. The molecule has 1 aromatic heterocycles. The van der Waals surface area contributed by atoms with Crippen molar-refractivity contribution in [1.29, 1.82) is 0 Å². The van der Waals surface area contributed by atoms with Gasteiger partial charge in [-0.25, -0.2) is 4.98 Å². The van der Waals surface area contributed by atoms with Crippen molar-refractivity contribution in [2.75, 3.05) is 17.2 Å². The zero-order valence-corrected chi connectivity index (χ0v) is 14.1. The van der Waals surface area contributed by atoms with Crippen molar-refractivity contribution in [3.63, 3.8) is 0 Å². The summed E-state index contributed by atoms with van der Waals surface area (Å²) >= 11 is 7.62. The Labute approximate surface area is 145 Å². The molecule has 3 rings (SSSR count). The average molecular weight is 373 g/mol. The number of anilines is 1. The zero-order chi connectivity index (χ0) is 17.5. The normalized spacial score (nSPS) is 14.5. The van der Waals surface area contributed by atoms with E-state index in [4.69, 9.17) is 11.6 Å². The molecule has 0 spiro atoms. The summed E-state index contributed by atoms with van der Waals surface area (Å²) in [7, 11) is 0. The van der Waals surface area contributed by atoms with E-state index in [0.29, 0.717) is 23.0 Å². The molecule has 2 aromatic rings. The van der Waals surface area contributed by atoms with Crippen LogP contribution < -0.4 is 4.90 Å². The summed E-state index contributed by atoms with van der Waals surface area (Å²) in [6, 6.07) is 7.27. The van der Waals surface area contributed by atoms with Gasteiger partial charge in [-0.15, -0.1) is 11.8 Å². The molecule has 3 nitrogen and oxygen atoms in total. The number of pyridine rings is 1. The maximum atomic E-state index is 12.8. The fourth-order valence-electron chi connectivity index (χ4n) is 2.49. The van der Waals surface area contributed by atoms with Crippen molar-refractivity contribution in [1.82, 2.24) is 4.98 Å². The van der Waals surface area contributed by atoms with Gasteiger partial charge in [-0.3, -0.25) is 4.79 Å². The van der Waals surface area contributed by atoms with E-state index in [-0.39, 0.29) is 17.2 Å². The van der Waals surface area contributed by atoms with Crippen molar-refractivity contribution in [3.05, 3.63) is 52.3 Å². The van der Waals surface area contributed by atoms with Crippen LogP contribution in [0.1, 0.15) is 21.7 Å². The van der Waals surface area contributed by atoms with Gasteiger partial charge in [0.2, 0.25) is 0 Å². The number of benzene rings is 1. The minimum Gasteiger partial charge on any atom is -0.306 e. The van der Waals surface area contributed by atoms with Gasteiger partial charge in [0, 0.05) is 22.2 Å². The Kier molecular flexibility index (Phi) is 4.48. The summed E-state index contributed by atoms with van der Waals surface area (Å²) in [5.41, 5.74) is -0.130. The summed E-state index contributed by atoms with van der Waals surface area (Å²) in [5, 5.41) is 0.497. The van der Waals surface area contributed by atoms with Crippen molar-refractivity contribution < 1.29 is 18.0 Å². The van der Waals surface area contributed by atoms with Gasteiger partial charge in [0.25, 0.3) is 5.91 Å². The van der Waals surface area contributed by atoms with Crippen LogP contribution in [0.3, 0.4) is 0 Å². The monoisotopic (exact) mass is 372 g/mol. The third-order valence-electron chi connectivity index (χ3n) is 3.64. The quantitative estimate of drug-likeness (QED) is 0.720. The number of nitrogens with zero attached hydrogens (tertiary/aromatic N) is 2. The van der Waals surface area contributed by atoms with E-state index >= 15 is 0 Å². The highest BCUT2D eigenvalue weighted by Crippen LogP contribution is 2.37. The molecule has 0 saturated heterocycles. The van der Waals surface area contributed by atoms with Gasteiger partial charge in [-0.2, -0.15) is 13.2 Å². The minimum absolute atomic E-state index is 0.0524. The van der Waals surface area contributed by atoms with Gasteiger partial charge >= 0.3 is 6.18 Å². The van der Waals surface area contributed by atoms with Crippen LogP contribution >= 0.6 is 23.4 Å². The predicted molar refractivity (Wildman–Crippen MR) is 87.8 cm³/mol. The number of carbonyl (C=O) groups is 1. The Morgan fingerprint density at radius 3 is 2.71 bits per heavy atom. The summed E-state index contributed by atoms with van der Waals surface area (Å²) in [5.74, 6) is 0.325. The molecule has 0 saturated carbocycles. The largest absolute Gasteiger partial charge is 0.433 e. The second kappa shape index (κ2) is 6.29. The average Bonchev–Trinajstić information content (AvgIpc) is 2.52. The molecule has 1 aliphatic heterocycles. The van der Waals surface area contributed by atoms with E-state index < -0.39 is 11.9 Å². The first kappa shape index (κ1) is 17.1. The third kappa shape index (κ3) is 3.23. The number of fused-ring (bicyclic) bond motifs is 1. The first-order chi connectivity index (χ1) is 11.3. The van der Waals surface area contributed by atoms with Crippen LogP contribution in [0, 0.1) is 6.92 Å². The van der Waals surface area contributed by atoms with E-state index in [1.165, 1.54) is 17.9 Å². The number of halogens is 4. The number of hydrogen-bond donors (Lipinski definition) is 0. The fraction of sp³-hybridized carbons (Fsp3) is 0.250. The molecular formula is C16H12ClF3N2OS. The van der Waals surface area contributed by atoms with E-state index in [0.717, 1.165) is 11.0 Å². The van der Waals surface area contributed by atoms with Crippen LogP contribution in [-0.2, 0) is 6.18 Å². The van der Waals surface area contributed by atoms with Crippen LogP contribution in [0.15, 0.2) is 35.2 Å². The molecule has 1 aromatic carbocycles. The highest BCUT2D eigenvalue weighted by molar-refractivity contribution is 7.99. The maximum absolute atomic E-state index is 12.8. The molecule has 1 amide bonds. The van der Waals surface area contributed by atoms with Crippen LogP contribution in [0.2, 0.25) is 5.02 Å². The standard InChI is InChI=1S/C16H12ClF3N2OS/c1-9-11(3-5-14(21-9)16(18,19)20)15(23)22-6-7-24-13-4-2-10(17)8-12(13)22/h2-5,8H,6-7H2,1H3. The van der Waals surface area contributed by atoms with Gasteiger partial charge in [0.1, 0.15) is 5.69 Å². The molecule has 0 N–H and O–H groups in total. The van der Waals surface area contributed by atoms with Gasteiger partial charge in [-0.05, 0) is 37.3 Å². The Bertz CT molecular complexity index is 810. The van der Waals surface area contributed by atoms with E-state index in [1.807, 2.05) is 6.07 Å². The molecule has 0 bridgehead atoms. The molecule has 2 heterocycles. The minimum atomic E-state index is -4.53. The molecule has 24 heavy (non-hydrogen) atoms. The van der Waals surface area contributed by atoms with Crippen molar-refractivity contribution in [3.8, 4) is 0 Å². The molecule has 126 valence electrons. The summed E-state index contributed by atoms with van der Waals surface area (Å²) in [6.45, 7) is 1.86. The van der Waals surface area contributed by atoms with Crippen molar-refractivity contribution in [2.24, 2.45) is 0 Å². The topological polar surface area (TPSA) is 33.2 Å². The lowest BCUT2D eigenvalue weighted by Crippen LogP contribution is -2.36. The molecule has 0 atom stereocenters. The first-order valence-corrected chi connectivity index (χ1v) is 8.43. The van der Waals surface area contributed by atoms with Crippen LogP contribution in [0.5, 0.6) is 0 Å². The van der Waals surface area contributed by atoms with E-state index in [1.54, 1.807) is 23.9 Å². The predicted octanol–water partition coefficient (Wildman–Crippen LogP) is 4.81. The smallest absolute Gasteiger partial charge is 0.306 e. The number of aryl methyl sites for hydroxylation is 1. The lowest BCUT2D eigenvalue weighted by Gasteiger charge is -2.29. The molecule has 0 unspecified atom stereocenters. The molecule has 0 fully saturated rings. The lowest BCUT2D eigenvalue weighted by atomic mass is 10.1. The number of alkyl halides is 3. The molecular weight excluding hydrogens is 361 g/mol. The second-order valence-electron chi connectivity index (χ2n) is 5.24. The van der Waals surface area contributed by atoms with Crippen LogP contribution in [0.4, 0.5) is 18.9 Å². The van der Waals surface area contributed by atoms with Crippen molar-refractivity contribution >= 4 is 35.0 Å². The van der Waals surface area contributed by atoms with E-state index in [2.05, 4.69) is 4.98 Å². The number of rotatable bonds is 1. The van der Waals surface area contributed by atoms with Crippen LogP contribution in [0.25, 0.3) is 0 Å². The number of hydrogen-bond acceptors (Lipinski definition) is 3. The van der Waals surface area contributed by atoms with Crippen molar-refractivity contribution in [2.45, 2.75) is 18.0 Å². The summed E-state index contributed by atoms with van der Waals surface area (Å²) in [4.78, 5) is 18.8. The highest BCUT2D eigenvalue weighted by atomic mass is 35.5.